The first-order chi connectivity index (χ1) is 12.1. The fourth-order valence-corrected chi connectivity index (χ4v) is 2.33. The molecule has 25 heavy (non-hydrogen) atoms. The molecular weight excluding hydrogens is 346 g/mol. The lowest BCUT2D eigenvalue weighted by atomic mass is 10.2. The van der Waals surface area contributed by atoms with Gasteiger partial charge in [-0.3, -0.25) is 4.79 Å². The highest BCUT2D eigenvalue weighted by Gasteiger charge is 2.14. The number of benzene rings is 2. The summed E-state index contributed by atoms with van der Waals surface area (Å²) in [6.07, 6.45) is 2.80. The van der Waals surface area contributed by atoms with Gasteiger partial charge < -0.3 is 19.5 Å². The summed E-state index contributed by atoms with van der Waals surface area (Å²) in [5.41, 5.74) is 1.29. The van der Waals surface area contributed by atoms with Gasteiger partial charge in [0.2, 0.25) is 6.79 Å². The van der Waals surface area contributed by atoms with Gasteiger partial charge >= 0.3 is 5.97 Å². The summed E-state index contributed by atoms with van der Waals surface area (Å²) in [7, 11) is 0. The summed E-state index contributed by atoms with van der Waals surface area (Å²) < 4.78 is 15.3. The van der Waals surface area contributed by atoms with E-state index in [9.17, 15) is 9.59 Å². The van der Waals surface area contributed by atoms with Crippen molar-refractivity contribution in [2.75, 3.05) is 18.7 Å². The van der Waals surface area contributed by atoms with Crippen LogP contribution in [0.1, 0.15) is 5.56 Å². The minimum absolute atomic E-state index is 0.156. The van der Waals surface area contributed by atoms with E-state index in [1.165, 1.54) is 6.08 Å². The van der Waals surface area contributed by atoms with Crippen LogP contribution in [0.25, 0.3) is 6.08 Å². The summed E-state index contributed by atoms with van der Waals surface area (Å²) >= 11 is 5.86. The second kappa shape index (κ2) is 7.72. The van der Waals surface area contributed by atoms with E-state index in [1.54, 1.807) is 48.5 Å². The molecule has 0 fully saturated rings. The molecule has 6 nitrogen and oxygen atoms in total. The predicted octanol–water partition coefficient (Wildman–Crippen LogP) is 3.26. The Morgan fingerprint density at radius 2 is 2.00 bits per heavy atom. The fraction of sp³-hybridized carbons (Fsp3) is 0.111. The minimum Gasteiger partial charge on any atom is -0.454 e. The van der Waals surface area contributed by atoms with Crippen molar-refractivity contribution in [1.82, 2.24) is 0 Å². The Bertz CT molecular complexity index is 834. The third kappa shape index (κ3) is 4.74. The van der Waals surface area contributed by atoms with Crippen molar-refractivity contribution in [2.45, 2.75) is 0 Å². The van der Waals surface area contributed by atoms with Crippen LogP contribution in [0.3, 0.4) is 0 Å². The van der Waals surface area contributed by atoms with Gasteiger partial charge in [0.1, 0.15) is 0 Å². The molecule has 0 aliphatic carbocycles. The quantitative estimate of drug-likeness (QED) is 0.655. The van der Waals surface area contributed by atoms with E-state index < -0.39 is 18.5 Å². The van der Waals surface area contributed by atoms with Crippen LogP contribution in [0.2, 0.25) is 5.02 Å². The number of hydrogen-bond donors (Lipinski definition) is 1. The van der Waals surface area contributed by atoms with Crippen molar-refractivity contribution in [2.24, 2.45) is 0 Å². The lowest BCUT2D eigenvalue weighted by Gasteiger charge is -2.06. The second-order valence-electron chi connectivity index (χ2n) is 5.11. The molecule has 2 aromatic carbocycles. The lowest BCUT2D eigenvalue weighted by molar-refractivity contribution is -0.142. The van der Waals surface area contributed by atoms with E-state index in [2.05, 4.69) is 5.32 Å². The van der Waals surface area contributed by atoms with Crippen molar-refractivity contribution < 1.29 is 23.8 Å². The van der Waals surface area contributed by atoms with E-state index in [-0.39, 0.29) is 6.79 Å². The molecule has 7 heteroatoms. The Labute approximate surface area is 148 Å². The van der Waals surface area contributed by atoms with Gasteiger partial charge in [0.25, 0.3) is 5.91 Å². The first-order valence-corrected chi connectivity index (χ1v) is 7.78. The fourth-order valence-electron chi connectivity index (χ4n) is 2.13. The summed E-state index contributed by atoms with van der Waals surface area (Å²) in [6, 6.07) is 12.0. The number of rotatable bonds is 5. The molecule has 2 aromatic rings. The van der Waals surface area contributed by atoms with E-state index in [0.717, 1.165) is 5.56 Å². The van der Waals surface area contributed by atoms with Crippen molar-refractivity contribution >= 4 is 35.2 Å². The standard InChI is InChI=1S/C18H14ClNO5/c19-13-3-1-2-12(8-13)4-7-18(22)23-10-17(21)20-14-5-6-15-16(9-14)25-11-24-15/h1-9H,10-11H2,(H,20,21). The van der Waals surface area contributed by atoms with E-state index in [0.29, 0.717) is 22.2 Å². The van der Waals surface area contributed by atoms with Crippen LogP contribution in [0, 0.1) is 0 Å². The molecule has 3 rings (SSSR count). The molecule has 128 valence electrons. The maximum Gasteiger partial charge on any atom is 0.331 e. The van der Waals surface area contributed by atoms with Crippen LogP contribution in [-0.2, 0) is 14.3 Å². The molecule has 1 heterocycles. The molecule has 0 spiro atoms. The molecule has 1 aliphatic heterocycles. The van der Waals surface area contributed by atoms with Crippen LogP contribution in [0.15, 0.2) is 48.5 Å². The average molecular weight is 360 g/mol. The smallest absolute Gasteiger partial charge is 0.331 e. The number of anilines is 1. The molecule has 0 unspecified atom stereocenters. The van der Waals surface area contributed by atoms with Crippen LogP contribution < -0.4 is 14.8 Å². The molecule has 1 N–H and O–H groups in total. The average Bonchev–Trinajstić information content (AvgIpc) is 3.06. The molecule has 0 radical (unpaired) electrons. The number of carbonyl (C=O) groups is 2. The zero-order valence-electron chi connectivity index (χ0n) is 13.0. The minimum atomic E-state index is -0.624. The highest BCUT2D eigenvalue weighted by molar-refractivity contribution is 6.30. The van der Waals surface area contributed by atoms with Crippen molar-refractivity contribution in [3.8, 4) is 11.5 Å². The third-order valence-electron chi connectivity index (χ3n) is 3.26. The second-order valence-corrected chi connectivity index (χ2v) is 5.55. The molecule has 0 saturated carbocycles. The SMILES string of the molecule is O=C(COC(=O)C=Cc1cccc(Cl)c1)Nc1ccc2c(c1)OCO2. The topological polar surface area (TPSA) is 73.9 Å². The molecule has 0 atom stereocenters. The number of hydrogen-bond acceptors (Lipinski definition) is 5. The number of ether oxygens (including phenoxy) is 3. The van der Waals surface area contributed by atoms with Gasteiger partial charge in [0.15, 0.2) is 18.1 Å². The van der Waals surface area contributed by atoms with Crippen molar-refractivity contribution in [3.63, 3.8) is 0 Å². The number of nitrogens with one attached hydrogen (secondary N) is 1. The maximum atomic E-state index is 11.8. The lowest BCUT2D eigenvalue weighted by Crippen LogP contribution is -2.20. The number of carbonyl (C=O) groups excluding carboxylic acids is 2. The first kappa shape index (κ1) is 16.9. The van der Waals surface area contributed by atoms with Crippen LogP contribution in [-0.4, -0.2) is 25.3 Å². The van der Waals surface area contributed by atoms with Gasteiger partial charge in [0, 0.05) is 22.9 Å². The molecule has 0 bridgehead atoms. The van der Waals surface area contributed by atoms with E-state index in [4.69, 9.17) is 25.8 Å². The Morgan fingerprint density at radius 3 is 2.84 bits per heavy atom. The van der Waals surface area contributed by atoms with Crippen molar-refractivity contribution in [3.05, 3.63) is 59.1 Å². The summed E-state index contributed by atoms with van der Waals surface area (Å²) in [4.78, 5) is 23.5. The van der Waals surface area contributed by atoms with Gasteiger partial charge in [-0.25, -0.2) is 4.79 Å². The summed E-state index contributed by atoms with van der Waals surface area (Å²) in [5.74, 6) is 0.0963. The Balaban J connectivity index is 1.48. The van der Waals surface area contributed by atoms with Gasteiger partial charge in [-0.05, 0) is 35.9 Å². The zero-order chi connectivity index (χ0) is 17.6. The Kier molecular flexibility index (Phi) is 5.20. The van der Waals surface area contributed by atoms with Gasteiger partial charge in [-0.2, -0.15) is 0 Å². The molecule has 1 amide bonds. The Hall–Kier alpha value is -2.99. The number of amides is 1. The molecule has 0 aromatic heterocycles. The van der Waals surface area contributed by atoms with Gasteiger partial charge in [-0.15, -0.1) is 0 Å². The maximum absolute atomic E-state index is 11.8. The highest BCUT2D eigenvalue weighted by Crippen LogP contribution is 2.34. The molecular formula is C18H14ClNO5. The molecule has 1 aliphatic rings. The van der Waals surface area contributed by atoms with Crippen LogP contribution in [0.5, 0.6) is 11.5 Å². The largest absolute Gasteiger partial charge is 0.454 e. The van der Waals surface area contributed by atoms with Crippen LogP contribution in [0.4, 0.5) is 5.69 Å². The monoisotopic (exact) mass is 359 g/mol. The molecule has 0 saturated heterocycles. The third-order valence-corrected chi connectivity index (χ3v) is 3.50. The van der Waals surface area contributed by atoms with E-state index in [1.807, 2.05) is 0 Å². The summed E-state index contributed by atoms with van der Waals surface area (Å²) in [5, 5.41) is 3.18. The first-order valence-electron chi connectivity index (χ1n) is 7.40. The van der Waals surface area contributed by atoms with Gasteiger partial charge in [-0.1, -0.05) is 23.7 Å². The number of esters is 1. The van der Waals surface area contributed by atoms with Crippen molar-refractivity contribution in [1.29, 1.82) is 0 Å². The zero-order valence-corrected chi connectivity index (χ0v) is 13.8. The van der Waals surface area contributed by atoms with E-state index >= 15 is 0 Å². The number of halogens is 1. The normalized spacial score (nSPS) is 12.2. The van der Waals surface area contributed by atoms with Crippen LogP contribution >= 0.6 is 11.6 Å². The summed E-state index contributed by atoms with van der Waals surface area (Å²) in [6.45, 7) is -0.240. The predicted molar refractivity (Wildman–Crippen MR) is 92.6 cm³/mol. The Morgan fingerprint density at radius 1 is 1.16 bits per heavy atom. The van der Waals surface area contributed by atoms with Gasteiger partial charge in [0.05, 0.1) is 0 Å². The highest BCUT2D eigenvalue weighted by atomic mass is 35.5. The number of fused-ring (bicyclic) bond motifs is 1.